The van der Waals surface area contributed by atoms with Gasteiger partial charge >= 0.3 is 6.18 Å². The Kier molecular flexibility index (Phi) is 5.43. The Morgan fingerprint density at radius 2 is 1.83 bits per heavy atom. The Labute approximate surface area is 107 Å². The molecular weight excluding hydrogens is 243 g/mol. The van der Waals surface area contributed by atoms with E-state index in [0.29, 0.717) is 0 Å². The predicted octanol–water partition coefficient (Wildman–Crippen LogP) is 1.68. The minimum Gasteiger partial charge on any atom is -0.326 e. The van der Waals surface area contributed by atoms with Gasteiger partial charge in [-0.1, -0.05) is 6.92 Å². The van der Waals surface area contributed by atoms with Gasteiger partial charge in [0.2, 0.25) is 0 Å². The molecule has 1 aliphatic heterocycles. The maximum atomic E-state index is 13.0. The molecule has 18 heavy (non-hydrogen) atoms. The van der Waals surface area contributed by atoms with Crippen molar-refractivity contribution in [2.45, 2.75) is 51.0 Å². The van der Waals surface area contributed by atoms with Gasteiger partial charge < -0.3 is 10.6 Å². The second-order valence-corrected chi connectivity index (χ2v) is 5.18. The lowest BCUT2D eigenvalue weighted by Gasteiger charge is -2.41. The molecule has 0 aliphatic carbocycles. The highest BCUT2D eigenvalue weighted by molar-refractivity contribution is 4.89. The second-order valence-electron chi connectivity index (χ2n) is 5.18. The highest BCUT2D eigenvalue weighted by Gasteiger charge is 2.46. The van der Waals surface area contributed by atoms with E-state index in [1.54, 1.807) is 7.05 Å². The summed E-state index contributed by atoms with van der Waals surface area (Å²) in [4.78, 5) is 3.69. The van der Waals surface area contributed by atoms with Crippen LogP contribution in [0.25, 0.3) is 0 Å². The van der Waals surface area contributed by atoms with Crippen LogP contribution in [0.4, 0.5) is 13.2 Å². The van der Waals surface area contributed by atoms with Crippen LogP contribution in [0.5, 0.6) is 0 Å². The van der Waals surface area contributed by atoms with Crippen molar-refractivity contribution < 1.29 is 13.2 Å². The largest absolute Gasteiger partial charge is 0.405 e. The van der Waals surface area contributed by atoms with Crippen LogP contribution < -0.4 is 5.73 Å². The molecule has 0 radical (unpaired) electrons. The van der Waals surface area contributed by atoms with Gasteiger partial charge in [0.1, 0.15) is 6.04 Å². The van der Waals surface area contributed by atoms with E-state index < -0.39 is 18.3 Å². The van der Waals surface area contributed by atoms with Crippen molar-refractivity contribution in [1.29, 1.82) is 0 Å². The maximum Gasteiger partial charge on any atom is 0.405 e. The minimum absolute atomic E-state index is 0.0228. The van der Waals surface area contributed by atoms with E-state index in [4.69, 9.17) is 5.73 Å². The fourth-order valence-electron chi connectivity index (χ4n) is 2.77. The molecule has 1 saturated heterocycles. The molecule has 108 valence electrons. The Bertz CT molecular complexity index is 247. The van der Waals surface area contributed by atoms with Crippen molar-refractivity contribution in [3.8, 4) is 0 Å². The van der Waals surface area contributed by atoms with Crippen LogP contribution in [-0.2, 0) is 0 Å². The SMILES string of the molecule is CCN1CCC(N(C)C(C(C)N)C(F)(F)F)CC1. The predicted molar refractivity (Wildman–Crippen MR) is 66.4 cm³/mol. The fourth-order valence-corrected chi connectivity index (χ4v) is 2.77. The van der Waals surface area contributed by atoms with Crippen molar-refractivity contribution in [2.75, 3.05) is 26.7 Å². The first kappa shape index (κ1) is 15.7. The third kappa shape index (κ3) is 3.83. The summed E-state index contributed by atoms with van der Waals surface area (Å²) in [5.74, 6) is 0. The number of nitrogens with zero attached hydrogens (tertiary/aromatic N) is 2. The maximum absolute atomic E-state index is 13.0. The molecule has 0 spiro atoms. The van der Waals surface area contributed by atoms with Crippen molar-refractivity contribution in [1.82, 2.24) is 9.80 Å². The number of rotatable bonds is 4. The van der Waals surface area contributed by atoms with Gasteiger partial charge in [-0.25, -0.2) is 0 Å². The lowest BCUT2D eigenvalue weighted by molar-refractivity contribution is -0.191. The molecule has 1 heterocycles. The van der Waals surface area contributed by atoms with Crippen LogP contribution in [0.3, 0.4) is 0 Å². The molecule has 2 unspecified atom stereocenters. The molecular formula is C12H24F3N3. The molecule has 0 aromatic carbocycles. The normalized spacial score (nSPS) is 23.3. The topological polar surface area (TPSA) is 32.5 Å². The van der Waals surface area contributed by atoms with Gasteiger partial charge in [0, 0.05) is 12.1 Å². The summed E-state index contributed by atoms with van der Waals surface area (Å²) in [6, 6.07) is -2.47. The van der Waals surface area contributed by atoms with Gasteiger partial charge in [0.15, 0.2) is 0 Å². The summed E-state index contributed by atoms with van der Waals surface area (Å²) in [7, 11) is 1.55. The molecule has 6 heteroatoms. The van der Waals surface area contributed by atoms with Gasteiger partial charge in [0.05, 0.1) is 0 Å². The summed E-state index contributed by atoms with van der Waals surface area (Å²) in [6.45, 7) is 6.21. The van der Waals surface area contributed by atoms with Crippen molar-refractivity contribution >= 4 is 0 Å². The van der Waals surface area contributed by atoms with Gasteiger partial charge in [-0.2, -0.15) is 13.2 Å². The van der Waals surface area contributed by atoms with E-state index >= 15 is 0 Å². The molecule has 2 N–H and O–H groups in total. The number of alkyl halides is 3. The molecule has 3 nitrogen and oxygen atoms in total. The van der Waals surface area contributed by atoms with Gasteiger partial charge in [-0.05, 0) is 46.4 Å². The van der Waals surface area contributed by atoms with Crippen LogP contribution in [0.15, 0.2) is 0 Å². The van der Waals surface area contributed by atoms with Crippen molar-refractivity contribution in [3.05, 3.63) is 0 Å². The minimum atomic E-state index is -4.26. The van der Waals surface area contributed by atoms with E-state index in [0.717, 1.165) is 32.5 Å². The molecule has 2 atom stereocenters. The summed E-state index contributed by atoms with van der Waals surface area (Å²) < 4.78 is 39.0. The number of likely N-dealkylation sites (tertiary alicyclic amines) is 1. The van der Waals surface area contributed by atoms with E-state index in [1.165, 1.54) is 11.8 Å². The number of hydrogen-bond acceptors (Lipinski definition) is 3. The number of nitrogens with two attached hydrogens (primary N) is 1. The van der Waals surface area contributed by atoms with Gasteiger partial charge in [-0.3, -0.25) is 4.90 Å². The van der Waals surface area contributed by atoms with Crippen LogP contribution in [-0.4, -0.2) is 60.8 Å². The molecule has 0 aromatic rings. The van der Waals surface area contributed by atoms with Crippen LogP contribution >= 0.6 is 0 Å². The highest BCUT2D eigenvalue weighted by Crippen LogP contribution is 2.29. The zero-order chi connectivity index (χ0) is 13.9. The van der Waals surface area contributed by atoms with Crippen molar-refractivity contribution in [2.24, 2.45) is 5.73 Å². The zero-order valence-corrected chi connectivity index (χ0v) is 11.4. The molecule has 1 fully saturated rings. The third-order valence-electron chi connectivity index (χ3n) is 3.85. The van der Waals surface area contributed by atoms with E-state index in [-0.39, 0.29) is 6.04 Å². The Balaban J connectivity index is 2.65. The Hall–Kier alpha value is -0.330. The lowest BCUT2D eigenvalue weighted by Crippen LogP contribution is -2.58. The summed E-state index contributed by atoms with van der Waals surface area (Å²) in [6.07, 6.45) is -2.70. The average Bonchev–Trinajstić information content (AvgIpc) is 2.26. The molecule has 0 bridgehead atoms. The van der Waals surface area contributed by atoms with Crippen LogP contribution in [0, 0.1) is 0 Å². The van der Waals surface area contributed by atoms with E-state index in [1.807, 2.05) is 0 Å². The third-order valence-corrected chi connectivity index (χ3v) is 3.85. The second kappa shape index (κ2) is 6.21. The first-order valence-corrected chi connectivity index (χ1v) is 6.54. The quantitative estimate of drug-likeness (QED) is 0.841. The highest BCUT2D eigenvalue weighted by atomic mass is 19.4. The standard InChI is InChI=1S/C12H24F3N3/c1-4-18-7-5-10(6-8-18)17(3)11(9(2)16)12(13,14)15/h9-11H,4-8,16H2,1-3H3. The fraction of sp³-hybridized carbons (Fsp3) is 1.00. The average molecular weight is 267 g/mol. The van der Waals surface area contributed by atoms with Gasteiger partial charge in [-0.15, -0.1) is 0 Å². The summed E-state index contributed by atoms with van der Waals surface area (Å²) >= 11 is 0. The summed E-state index contributed by atoms with van der Waals surface area (Å²) in [5.41, 5.74) is 5.51. The van der Waals surface area contributed by atoms with E-state index in [9.17, 15) is 13.2 Å². The number of halogens is 3. The lowest BCUT2D eigenvalue weighted by atomic mass is 9.99. The number of likely N-dealkylation sites (N-methyl/N-ethyl adjacent to an activating group) is 1. The zero-order valence-electron chi connectivity index (χ0n) is 11.4. The van der Waals surface area contributed by atoms with Crippen LogP contribution in [0.1, 0.15) is 26.7 Å². The van der Waals surface area contributed by atoms with Crippen LogP contribution in [0.2, 0.25) is 0 Å². The Morgan fingerprint density at radius 3 is 2.17 bits per heavy atom. The first-order valence-electron chi connectivity index (χ1n) is 6.54. The van der Waals surface area contributed by atoms with E-state index in [2.05, 4.69) is 11.8 Å². The first-order chi connectivity index (χ1) is 8.27. The Morgan fingerprint density at radius 1 is 1.33 bits per heavy atom. The molecule has 1 aliphatic rings. The number of hydrogen-bond donors (Lipinski definition) is 1. The molecule has 1 rings (SSSR count). The smallest absolute Gasteiger partial charge is 0.326 e. The molecule has 0 aromatic heterocycles. The monoisotopic (exact) mass is 267 g/mol. The van der Waals surface area contributed by atoms with Gasteiger partial charge in [0.25, 0.3) is 0 Å². The number of piperidine rings is 1. The molecule has 0 amide bonds. The summed E-state index contributed by atoms with van der Waals surface area (Å²) in [5, 5.41) is 0. The van der Waals surface area contributed by atoms with Crippen molar-refractivity contribution in [3.63, 3.8) is 0 Å². The molecule has 0 saturated carbocycles.